The molecular formula is C9H14N2. The Morgan fingerprint density at radius 3 is 2.91 bits per heavy atom. The van der Waals surface area contributed by atoms with E-state index >= 15 is 0 Å². The van der Waals surface area contributed by atoms with Gasteiger partial charge in [-0.25, -0.2) is 0 Å². The molecule has 11 heavy (non-hydrogen) atoms. The first kappa shape index (κ1) is 8.21. The van der Waals surface area contributed by atoms with Crippen LogP contribution in [0.25, 0.3) is 0 Å². The van der Waals surface area contributed by atoms with Crippen LogP contribution in [-0.4, -0.2) is 11.0 Å². The lowest BCUT2D eigenvalue weighted by Crippen LogP contribution is -2.21. The Morgan fingerprint density at radius 2 is 2.36 bits per heavy atom. The molecule has 2 nitrogen and oxygen atoms in total. The molecular weight excluding hydrogens is 136 g/mol. The second-order valence-corrected chi connectivity index (χ2v) is 2.69. The van der Waals surface area contributed by atoms with Crippen molar-refractivity contribution in [1.82, 2.24) is 4.98 Å². The molecule has 0 radical (unpaired) electrons. The lowest BCUT2D eigenvalue weighted by atomic mass is 10.1. The SMILES string of the molecule is CCC(N)Cc1ccccn1. The number of rotatable bonds is 3. The summed E-state index contributed by atoms with van der Waals surface area (Å²) < 4.78 is 0. The molecule has 0 amide bonds. The van der Waals surface area contributed by atoms with E-state index in [0.29, 0.717) is 0 Å². The summed E-state index contributed by atoms with van der Waals surface area (Å²) >= 11 is 0. The van der Waals surface area contributed by atoms with Gasteiger partial charge in [-0.2, -0.15) is 0 Å². The van der Waals surface area contributed by atoms with Gasteiger partial charge in [-0.1, -0.05) is 13.0 Å². The molecule has 0 aliphatic heterocycles. The lowest BCUT2D eigenvalue weighted by Gasteiger charge is -2.06. The number of nitrogens with two attached hydrogens (primary N) is 1. The zero-order valence-corrected chi connectivity index (χ0v) is 6.83. The largest absolute Gasteiger partial charge is 0.327 e. The molecule has 0 spiro atoms. The van der Waals surface area contributed by atoms with Gasteiger partial charge >= 0.3 is 0 Å². The van der Waals surface area contributed by atoms with E-state index < -0.39 is 0 Å². The maximum atomic E-state index is 5.76. The Morgan fingerprint density at radius 1 is 1.55 bits per heavy atom. The highest BCUT2D eigenvalue weighted by Gasteiger charge is 2.00. The summed E-state index contributed by atoms with van der Waals surface area (Å²) in [7, 11) is 0. The van der Waals surface area contributed by atoms with Gasteiger partial charge < -0.3 is 5.73 Å². The van der Waals surface area contributed by atoms with Crippen LogP contribution in [0.4, 0.5) is 0 Å². The molecule has 0 fully saturated rings. The zero-order valence-electron chi connectivity index (χ0n) is 6.83. The highest BCUT2D eigenvalue weighted by molar-refractivity contribution is 5.04. The Balaban J connectivity index is 2.51. The molecule has 0 aromatic carbocycles. The van der Waals surface area contributed by atoms with Crippen LogP contribution in [0.3, 0.4) is 0 Å². The Hall–Kier alpha value is -0.890. The molecule has 1 unspecified atom stereocenters. The first-order chi connectivity index (χ1) is 5.33. The van der Waals surface area contributed by atoms with E-state index in [4.69, 9.17) is 5.73 Å². The van der Waals surface area contributed by atoms with E-state index in [9.17, 15) is 0 Å². The molecule has 1 rings (SSSR count). The fourth-order valence-electron chi connectivity index (χ4n) is 0.932. The molecule has 0 aliphatic rings. The van der Waals surface area contributed by atoms with Crippen LogP contribution in [-0.2, 0) is 6.42 Å². The van der Waals surface area contributed by atoms with Crippen molar-refractivity contribution in [2.75, 3.05) is 0 Å². The van der Waals surface area contributed by atoms with E-state index in [1.54, 1.807) is 6.20 Å². The average molecular weight is 150 g/mol. The van der Waals surface area contributed by atoms with E-state index in [1.165, 1.54) is 0 Å². The normalized spacial score (nSPS) is 12.9. The minimum atomic E-state index is 0.255. The van der Waals surface area contributed by atoms with E-state index in [0.717, 1.165) is 18.5 Å². The van der Waals surface area contributed by atoms with Crippen molar-refractivity contribution in [3.05, 3.63) is 30.1 Å². The third-order valence-electron chi connectivity index (χ3n) is 1.72. The van der Waals surface area contributed by atoms with Crippen molar-refractivity contribution in [3.63, 3.8) is 0 Å². The molecule has 1 aromatic heterocycles. The van der Waals surface area contributed by atoms with Gasteiger partial charge in [0.1, 0.15) is 0 Å². The molecule has 2 N–H and O–H groups in total. The van der Waals surface area contributed by atoms with Crippen LogP contribution in [0, 0.1) is 0 Å². The van der Waals surface area contributed by atoms with Crippen LogP contribution < -0.4 is 5.73 Å². The van der Waals surface area contributed by atoms with Crippen molar-refractivity contribution in [3.8, 4) is 0 Å². The smallest absolute Gasteiger partial charge is 0.0419 e. The highest BCUT2D eigenvalue weighted by Crippen LogP contribution is 1.99. The van der Waals surface area contributed by atoms with Crippen molar-refractivity contribution >= 4 is 0 Å². The summed E-state index contributed by atoms with van der Waals surface area (Å²) in [5.74, 6) is 0. The first-order valence-electron chi connectivity index (χ1n) is 3.98. The van der Waals surface area contributed by atoms with E-state index in [-0.39, 0.29) is 6.04 Å². The maximum Gasteiger partial charge on any atom is 0.0419 e. The van der Waals surface area contributed by atoms with Crippen LogP contribution in [0.1, 0.15) is 19.0 Å². The molecule has 1 heterocycles. The molecule has 1 aromatic rings. The zero-order chi connectivity index (χ0) is 8.10. The monoisotopic (exact) mass is 150 g/mol. The van der Waals surface area contributed by atoms with Gasteiger partial charge in [-0.15, -0.1) is 0 Å². The minimum Gasteiger partial charge on any atom is -0.327 e. The second-order valence-electron chi connectivity index (χ2n) is 2.69. The van der Waals surface area contributed by atoms with Gasteiger partial charge in [0, 0.05) is 24.4 Å². The molecule has 60 valence electrons. The first-order valence-corrected chi connectivity index (χ1v) is 3.98. The fourth-order valence-corrected chi connectivity index (χ4v) is 0.932. The van der Waals surface area contributed by atoms with E-state index in [1.807, 2.05) is 18.2 Å². The van der Waals surface area contributed by atoms with Gasteiger partial charge in [-0.05, 0) is 18.6 Å². The molecule has 0 aliphatic carbocycles. The highest BCUT2D eigenvalue weighted by atomic mass is 14.7. The topological polar surface area (TPSA) is 38.9 Å². The number of hydrogen-bond donors (Lipinski definition) is 1. The second kappa shape index (κ2) is 4.09. The summed E-state index contributed by atoms with van der Waals surface area (Å²) in [4.78, 5) is 4.19. The lowest BCUT2D eigenvalue weighted by molar-refractivity contribution is 0.637. The van der Waals surface area contributed by atoms with Crippen LogP contribution in [0.5, 0.6) is 0 Å². The molecule has 1 atom stereocenters. The fraction of sp³-hybridized carbons (Fsp3) is 0.444. The summed E-state index contributed by atoms with van der Waals surface area (Å²) in [5, 5.41) is 0. The Kier molecular flexibility index (Phi) is 3.05. The standard InChI is InChI=1S/C9H14N2/c1-2-8(10)7-9-5-3-4-6-11-9/h3-6,8H,2,7,10H2,1H3. The van der Waals surface area contributed by atoms with E-state index in [2.05, 4.69) is 11.9 Å². The number of nitrogens with zero attached hydrogens (tertiary/aromatic N) is 1. The van der Waals surface area contributed by atoms with Crippen molar-refractivity contribution in [2.24, 2.45) is 5.73 Å². The average Bonchev–Trinajstić information content (AvgIpc) is 2.06. The van der Waals surface area contributed by atoms with Crippen LogP contribution >= 0.6 is 0 Å². The number of pyridine rings is 1. The third kappa shape index (κ3) is 2.68. The van der Waals surface area contributed by atoms with Crippen molar-refractivity contribution in [2.45, 2.75) is 25.8 Å². The predicted octanol–water partition coefficient (Wildman–Crippen LogP) is 1.36. The van der Waals surface area contributed by atoms with Crippen molar-refractivity contribution in [1.29, 1.82) is 0 Å². The van der Waals surface area contributed by atoms with Crippen molar-refractivity contribution < 1.29 is 0 Å². The molecule has 0 saturated carbocycles. The van der Waals surface area contributed by atoms with Crippen LogP contribution in [0.15, 0.2) is 24.4 Å². The number of hydrogen-bond acceptors (Lipinski definition) is 2. The molecule has 0 bridgehead atoms. The van der Waals surface area contributed by atoms with Gasteiger partial charge in [0.05, 0.1) is 0 Å². The van der Waals surface area contributed by atoms with Gasteiger partial charge in [-0.3, -0.25) is 4.98 Å². The third-order valence-corrected chi connectivity index (χ3v) is 1.72. The van der Waals surface area contributed by atoms with Crippen LogP contribution in [0.2, 0.25) is 0 Å². The molecule has 2 heteroatoms. The maximum absolute atomic E-state index is 5.76. The Labute approximate surface area is 67.5 Å². The summed E-state index contributed by atoms with van der Waals surface area (Å²) in [6.45, 7) is 2.09. The Bertz CT molecular complexity index is 196. The summed E-state index contributed by atoms with van der Waals surface area (Å²) in [6.07, 6.45) is 3.70. The summed E-state index contributed by atoms with van der Waals surface area (Å²) in [6, 6.07) is 6.17. The molecule has 0 saturated heterocycles. The van der Waals surface area contributed by atoms with Gasteiger partial charge in [0.15, 0.2) is 0 Å². The van der Waals surface area contributed by atoms with Gasteiger partial charge in [0.2, 0.25) is 0 Å². The quantitative estimate of drug-likeness (QED) is 0.706. The minimum absolute atomic E-state index is 0.255. The summed E-state index contributed by atoms with van der Waals surface area (Å²) in [5.41, 5.74) is 6.85. The predicted molar refractivity (Wildman–Crippen MR) is 46.2 cm³/mol. The number of aromatic nitrogens is 1. The van der Waals surface area contributed by atoms with Gasteiger partial charge in [0.25, 0.3) is 0 Å².